The second kappa shape index (κ2) is 6.06. The quantitative estimate of drug-likeness (QED) is 0.916. The Labute approximate surface area is 110 Å². The van der Waals surface area contributed by atoms with E-state index in [1.54, 1.807) is 14.0 Å². The molecule has 1 aromatic carbocycles. The normalized spacial score (nSPS) is 13.2. The first-order valence-electron chi connectivity index (χ1n) is 5.92. The topological polar surface area (TPSA) is 46.3 Å². The Hall–Kier alpha value is -1.56. The highest BCUT2D eigenvalue weighted by Crippen LogP contribution is 2.29. The molecular weight excluding hydrogens is 257 g/mol. The number of alkyl halides is 3. The standard InChI is InChI=1S/C13H17F3N2O/c1-3-11(17)12(19)18(2)8-9-4-6-10(7-5-9)13(14,15)16/h4-7,11H,3,8,17H2,1-2H3. The molecule has 0 spiro atoms. The monoisotopic (exact) mass is 274 g/mol. The maximum atomic E-state index is 12.4. The summed E-state index contributed by atoms with van der Waals surface area (Å²) in [7, 11) is 1.58. The molecule has 0 aliphatic carbocycles. The van der Waals surface area contributed by atoms with Crippen molar-refractivity contribution in [2.75, 3.05) is 7.05 Å². The molecule has 0 saturated carbocycles. The third kappa shape index (κ3) is 4.24. The lowest BCUT2D eigenvalue weighted by molar-refractivity contribution is -0.137. The van der Waals surface area contributed by atoms with Crippen LogP contribution in [0.4, 0.5) is 13.2 Å². The van der Waals surface area contributed by atoms with Crippen molar-refractivity contribution < 1.29 is 18.0 Å². The fourth-order valence-corrected chi connectivity index (χ4v) is 1.61. The first kappa shape index (κ1) is 15.5. The first-order chi connectivity index (χ1) is 8.75. The highest BCUT2D eigenvalue weighted by molar-refractivity contribution is 5.81. The maximum Gasteiger partial charge on any atom is 0.416 e. The van der Waals surface area contributed by atoms with E-state index in [2.05, 4.69) is 0 Å². The Morgan fingerprint density at radius 2 is 1.84 bits per heavy atom. The van der Waals surface area contributed by atoms with Gasteiger partial charge in [0.25, 0.3) is 0 Å². The second-order valence-electron chi connectivity index (χ2n) is 4.40. The van der Waals surface area contributed by atoms with Gasteiger partial charge in [-0.2, -0.15) is 13.2 Å². The summed E-state index contributed by atoms with van der Waals surface area (Å²) in [4.78, 5) is 13.1. The summed E-state index contributed by atoms with van der Waals surface area (Å²) in [6, 6.07) is 4.18. The number of nitrogens with two attached hydrogens (primary N) is 1. The molecule has 1 amide bonds. The van der Waals surface area contributed by atoms with Gasteiger partial charge in [-0.1, -0.05) is 19.1 Å². The fourth-order valence-electron chi connectivity index (χ4n) is 1.61. The number of rotatable bonds is 4. The summed E-state index contributed by atoms with van der Waals surface area (Å²) in [6.07, 6.45) is -3.82. The van der Waals surface area contributed by atoms with Crippen molar-refractivity contribution >= 4 is 5.91 Å². The van der Waals surface area contributed by atoms with Gasteiger partial charge in [-0.25, -0.2) is 0 Å². The van der Waals surface area contributed by atoms with Crippen LogP contribution in [0.2, 0.25) is 0 Å². The third-order valence-electron chi connectivity index (χ3n) is 2.83. The molecule has 2 N–H and O–H groups in total. The molecule has 0 radical (unpaired) electrons. The molecule has 1 unspecified atom stereocenters. The van der Waals surface area contributed by atoms with Gasteiger partial charge in [0.2, 0.25) is 5.91 Å². The van der Waals surface area contributed by atoms with E-state index in [4.69, 9.17) is 5.73 Å². The van der Waals surface area contributed by atoms with Crippen LogP contribution in [-0.4, -0.2) is 23.9 Å². The van der Waals surface area contributed by atoms with Crippen LogP contribution in [0, 0.1) is 0 Å². The number of nitrogens with zero attached hydrogens (tertiary/aromatic N) is 1. The van der Waals surface area contributed by atoms with Gasteiger partial charge in [0.05, 0.1) is 11.6 Å². The van der Waals surface area contributed by atoms with Crippen LogP contribution in [0.25, 0.3) is 0 Å². The summed E-state index contributed by atoms with van der Waals surface area (Å²) < 4.78 is 37.1. The Kier molecular flexibility index (Phi) is 4.94. The number of carbonyl (C=O) groups is 1. The number of benzene rings is 1. The average molecular weight is 274 g/mol. The summed E-state index contributed by atoms with van der Waals surface area (Å²) >= 11 is 0. The molecule has 0 aromatic heterocycles. The highest BCUT2D eigenvalue weighted by Gasteiger charge is 2.30. The number of hydrogen-bond acceptors (Lipinski definition) is 2. The van der Waals surface area contributed by atoms with E-state index in [0.29, 0.717) is 12.0 Å². The van der Waals surface area contributed by atoms with Gasteiger partial charge in [0.15, 0.2) is 0 Å². The predicted octanol–water partition coefficient (Wildman–Crippen LogP) is 2.40. The van der Waals surface area contributed by atoms with E-state index >= 15 is 0 Å². The average Bonchev–Trinajstić information content (AvgIpc) is 2.36. The molecule has 0 bridgehead atoms. The van der Waals surface area contributed by atoms with Crippen LogP contribution in [0.15, 0.2) is 24.3 Å². The highest BCUT2D eigenvalue weighted by atomic mass is 19.4. The maximum absolute atomic E-state index is 12.4. The van der Waals surface area contributed by atoms with Crippen molar-refractivity contribution in [3.8, 4) is 0 Å². The summed E-state index contributed by atoms with van der Waals surface area (Å²) in [5, 5.41) is 0. The molecule has 1 aromatic rings. The smallest absolute Gasteiger partial charge is 0.340 e. The third-order valence-corrected chi connectivity index (χ3v) is 2.83. The molecule has 0 aliphatic rings. The molecule has 0 fully saturated rings. The Morgan fingerprint density at radius 1 is 1.32 bits per heavy atom. The Bertz CT molecular complexity index is 429. The molecule has 1 atom stereocenters. The van der Waals surface area contributed by atoms with Crippen molar-refractivity contribution in [3.05, 3.63) is 35.4 Å². The number of carbonyl (C=O) groups excluding carboxylic acids is 1. The van der Waals surface area contributed by atoms with Gasteiger partial charge < -0.3 is 10.6 Å². The van der Waals surface area contributed by atoms with Gasteiger partial charge in [0.1, 0.15) is 0 Å². The number of hydrogen-bond donors (Lipinski definition) is 1. The number of amides is 1. The fraction of sp³-hybridized carbons (Fsp3) is 0.462. The SMILES string of the molecule is CCC(N)C(=O)N(C)Cc1ccc(C(F)(F)F)cc1. The molecule has 0 saturated heterocycles. The van der Waals surface area contributed by atoms with Crippen LogP contribution in [0.1, 0.15) is 24.5 Å². The van der Waals surface area contributed by atoms with Gasteiger partial charge in [-0.3, -0.25) is 4.79 Å². The van der Waals surface area contributed by atoms with Crippen molar-refractivity contribution in [2.24, 2.45) is 5.73 Å². The molecule has 106 valence electrons. The van der Waals surface area contributed by atoms with E-state index in [1.807, 2.05) is 0 Å². The van der Waals surface area contributed by atoms with Crippen molar-refractivity contribution in [1.82, 2.24) is 4.90 Å². The summed E-state index contributed by atoms with van der Waals surface area (Å²) in [5.74, 6) is -0.220. The van der Waals surface area contributed by atoms with Crippen LogP contribution in [-0.2, 0) is 17.5 Å². The zero-order chi connectivity index (χ0) is 14.6. The minimum absolute atomic E-state index is 0.220. The first-order valence-corrected chi connectivity index (χ1v) is 5.92. The molecule has 1 rings (SSSR count). The molecule has 0 heterocycles. The van der Waals surface area contributed by atoms with E-state index in [9.17, 15) is 18.0 Å². The molecule has 0 aliphatic heterocycles. The Morgan fingerprint density at radius 3 is 2.26 bits per heavy atom. The number of likely N-dealkylation sites (N-methyl/N-ethyl adjacent to an activating group) is 1. The van der Waals surface area contributed by atoms with Gasteiger partial charge in [-0.15, -0.1) is 0 Å². The van der Waals surface area contributed by atoms with Crippen molar-refractivity contribution in [1.29, 1.82) is 0 Å². The Balaban J connectivity index is 2.71. The van der Waals surface area contributed by atoms with Crippen molar-refractivity contribution in [3.63, 3.8) is 0 Å². The minimum atomic E-state index is -4.34. The van der Waals surface area contributed by atoms with E-state index in [1.165, 1.54) is 17.0 Å². The second-order valence-corrected chi connectivity index (χ2v) is 4.40. The predicted molar refractivity (Wildman–Crippen MR) is 66.2 cm³/mol. The van der Waals surface area contributed by atoms with Crippen LogP contribution in [0.3, 0.4) is 0 Å². The summed E-state index contributed by atoms with van der Waals surface area (Å²) in [5.41, 5.74) is 5.55. The van der Waals surface area contributed by atoms with Crippen LogP contribution in [0.5, 0.6) is 0 Å². The van der Waals surface area contributed by atoms with Crippen molar-refractivity contribution in [2.45, 2.75) is 32.1 Å². The van der Waals surface area contributed by atoms with Gasteiger partial charge in [-0.05, 0) is 24.1 Å². The minimum Gasteiger partial charge on any atom is -0.340 e. The van der Waals surface area contributed by atoms with E-state index < -0.39 is 17.8 Å². The lowest BCUT2D eigenvalue weighted by Gasteiger charge is -2.20. The molecular formula is C13H17F3N2O. The molecule has 3 nitrogen and oxygen atoms in total. The zero-order valence-corrected chi connectivity index (χ0v) is 10.9. The molecule has 6 heteroatoms. The van der Waals surface area contributed by atoms with Crippen LogP contribution >= 0.6 is 0 Å². The van der Waals surface area contributed by atoms with Crippen LogP contribution < -0.4 is 5.73 Å². The summed E-state index contributed by atoms with van der Waals surface area (Å²) in [6.45, 7) is 2.04. The number of halogens is 3. The largest absolute Gasteiger partial charge is 0.416 e. The lowest BCUT2D eigenvalue weighted by Crippen LogP contribution is -2.40. The van der Waals surface area contributed by atoms with Gasteiger partial charge in [0, 0.05) is 13.6 Å². The molecule has 19 heavy (non-hydrogen) atoms. The van der Waals surface area contributed by atoms with E-state index in [-0.39, 0.29) is 12.5 Å². The lowest BCUT2D eigenvalue weighted by atomic mass is 10.1. The van der Waals surface area contributed by atoms with E-state index in [0.717, 1.165) is 12.1 Å². The zero-order valence-electron chi connectivity index (χ0n) is 10.9. The van der Waals surface area contributed by atoms with Gasteiger partial charge >= 0.3 is 6.18 Å².